The number of carbonyl (C=O) groups is 1. The zero-order chi connectivity index (χ0) is 14.0. The number of ether oxygens (including phenoxy) is 1. The van der Waals surface area contributed by atoms with Gasteiger partial charge in [-0.05, 0) is 13.0 Å². The molecule has 18 heavy (non-hydrogen) atoms. The molecule has 0 fully saturated rings. The Morgan fingerprint density at radius 2 is 1.61 bits per heavy atom. The molecule has 0 aliphatic rings. The molecule has 0 N–H and O–H groups in total. The van der Waals surface area contributed by atoms with Crippen LogP contribution in [0.15, 0.2) is 24.3 Å². The fraction of sp³-hybridized carbons (Fsp3) is 0.364. The molecule has 1 rings (SSSR count). The van der Waals surface area contributed by atoms with Crippen molar-refractivity contribution in [2.24, 2.45) is 0 Å². The monoisotopic (exact) mass is 268 g/mol. The number of alkyl halides is 5. The summed E-state index contributed by atoms with van der Waals surface area (Å²) < 4.78 is 68.8. The molecule has 0 unspecified atom stereocenters. The molecule has 1 aromatic rings. The van der Waals surface area contributed by atoms with Gasteiger partial charge in [-0.3, -0.25) is 0 Å². The van der Waals surface area contributed by atoms with Crippen molar-refractivity contribution in [3.05, 3.63) is 35.4 Å². The van der Waals surface area contributed by atoms with Crippen molar-refractivity contribution in [2.75, 3.05) is 6.61 Å². The van der Waals surface area contributed by atoms with Crippen molar-refractivity contribution in [1.82, 2.24) is 0 Å². The molecule has 0 radical (unpaired) electrons. The minimum absolute atomic E-state index is 0.345. The first kappa shape index (κ1) is 14.4. The maximum absolute atomic E-state index is 13.6. The molecule has 0 amide bonds. The highest BCUT2D eigenvalue weighted by atomic mass is 19.4. The molecular weight excluding hydrogens is 259 g/mol. The molecule has 1 aromatic carbocycles. The van der Waals surface area contributed by atoms with E-state index in [2.05, 4.69) is 4.74 Å². The van der Waals surface area contributed by atoms with Crippen molar-refractivity contribution in [3.63, 3.8) is 0 Å². The molecule has 0 spiro atoms. The summed E-state index contributed by atoms with van der Waals surface area (Å²) in [5, 5.41) is 0. The van der Waals surface area contributed by atoms with E-state index < -0.39 is 29.2 Å². The second kappa shape index (κ2) is 4.91. The molecule has 0 aliphatic carbocycles. The summed E-state index contributed by atoms with van der Waals surface area (Å²) in [6, 6.07) is 3.01. The third-order valence-corrected chi connectivity index (χ3v) is 2.10. The summed E-state index contributed by atoms with van der Waals surface area (Å²) in [7, 11) is 0. The van der Waals surface area contributed by atoms with Crippen molar-refractivity contribution in [1.29, 1.82) is 0 Å². The number of benzene rings is 1. The SMILES string of the molecule is CCOC(=O)C(F)(F)c1ccccc1C(F)(F)F. The number of rotatable bonds is 3. The second-order valence-electron chi connectivity index (χ2n) is 3.34. The predicted molar refractivity (Wildman–Crippen MR) is 52.0 cm³/mol. The quantitative estimate of drug-likeness (QED) is 0.620. The van der Waals surface area contributed by atoms with Crippen LogP contribution in [0.1, 0.15) is 18.1 Å². The number of carbonyl (C=O) groups excluding carboxylic acids is 1. The van der Waals surface area contributed by atoms with Crippen LogP contribution in [0.3, 0.4) is 0 Å². The summed E-state index contributed by atoms with van der Waals surface area (Å²) >= 11 is 0. The van der Waals surface area contributed by atoms with Crippen LogP contribution in [0.4, 0.5) is 22.0 Å². The normalized spacial score (nSPS) is 12.3. The third-order valence-electron chi connectivity index (χ3n) is 2.10. The van der Waals surface area contributed by atoms with Crippen molar-refractivity contribution < 1.29 is 31.5 Å². The van der Waals surface area contributed by atoms with Gasteiger partial charge in [-0.15, -0.1) is 0 Å². The van der Waals surface area contributed by atoms with Gasteiger partial charge in [0.1, 0.15) is 0 Å². The van der Waals surface area contributed by atoms with E-state index >= 15 is 0 Å². The lowest BCUT2D eigenvalue weighted by Gasteiger charge is -2.19. The van der Waals surface area contributed by atoms with Gasteiger partial charge >= 0.3 is 18.1 Å². The lowest BCUT2D eigenvalue weighted by atomic mass is 10.0. The largest absolute Gasteiger partial charge is 0.461 e. The topological polar surface area (TPSA) is 26.3 Å². The molecule has 0 heterocycles. The molecule has 0 saturated carbocycles. The Hall–Kier alpha value is -1.66. The summed E-state index contributed by atoms with van der Waals surface area (Å²) in [6.07, 6.45) is -4.97. The van der Waals surface area contributed by atoms with Gasteiger partial charge in [0.2, 0.25) is 0 Å². The Balaban J connectivity index is 3.28. The van der Waals surface area contributed by atoms with Gasteiger partial charge in [-0.1, -0.05) is 18.2 Å². The minimum Gasteiger partial charge on any atom is -0.461 e. The van der Waals surface area contributed by atoms with E-state index in [1.807, 2.05) is 0 Å². The zero-order valence-electron chi connectivity index (χ0n) is 9.22. The van der Waals surface area contributed by atoms with Crippen molar-refractivity contribution >= 4 is 5.97 Å². The molecule has 100 valence electrons. The molecule has 7 heteroatoms. The van der Waals surface area contributed by atoms with E-state index in [1.165, 1.54) is 6.92 Å². The highest BCUT2D eigenvalue weighted by Crippen LogP contribution is 2.39. The van der Waals surface area contributed by atoms with E-state index in [-0.39, 0.29) is 6.61 Å². The molecular formula is C11H9F5O2. The fourth-order valence-electron chi connectivity index (χ4n) is 1.34. The first-order valence-corrected chi connectivity index (χ1v) is 4.93. The van der Waals surface area contributed by atoms with Gasteiger partial charge in [0.05, 0.1) is 12.2 Å². The smallest absolute Gasteiger partial charge is 0.416 e. The average molecular weight is 268 g/mol. The summed E-state index contributed by atoms with van der Waals surface area (Å²) in [5.41, 5.74) is -2.96. The molecule has 0 bridgehead atoms. The first-order valence-electron chi connectivity index (χ1n) is 4.93. The van der Waals surface area contributed by atoms with Gasteiger partial charge in [0.15, 0.2) is 0 Å². The van der Waals surface area contributed by atoms with E-state index in [4.69, 9.17) is 0 Å². The van der Waals surface area contributed by atoms with E-state index in [9.17, 15) is 26.7 Å². The minimum atomic E-state index is -4.97. The van der Waals surface area contributed by atoms with Gasteiger partial charge in [-0.2, -0.15) is 22.0 Å². The van der Waals surface area contributed by atoms with Crippen LogP contribution in [0.25, 0.3) is 0 Å². The second-order valence-corrected chi connectivity index (χ2v) is 3.34. The summed E-state index contributed by atoms with van der Waals surface area (Å²) in [6.45, 7) is 0.937. The summed E-state index contributed by atoms with van der Waals surface area (Å²) in [5.74, 6) is -6.33. The lowest BCUT2D eigenvalue weighted by Crippen LogP contribution is -2.31. The van der Waals surface area contributed by atoms with Crippen LogP contribution in [-0.2, 0) is 21.6 Å². The van der Waals surface area contributed by atoms with Crippen LogP contribution < -0.4 is 0 Å². The molecule has 2 nitrogen and oxygen atoms in total. The van der Waals surface area contributed by atoms with Gasteiger partial charge in [-0.25, -0.2) is 4.79 Å². The lowest BCUT2D eigenvalue weighted by molar-refractivity contribution is -0.175. The van der Waals surface area contributed by atoms with Gasteiger partial charge < -0.3 is 4.74 Å². The number of hydrogen-bond acceptors (Lipinski definition) is 2. The van der Waals surface area contributed by atoms with Crippen LogP contribution in [-0.4, -0.2) is 12.6 Å². The number of hydrogen-bond donors (Lipinski definition) is 0. The van der Waals surface area contributed by atoms with E-state index in [1.54, 1.807) is 0 Å². The standard InChI is InChI=1S/C11H9F5O2/c1-2-18-9(17)10(12,13)7-5-3-4-6-8(7)11(14,15)16/h3-6H,2H2,1H3. The fourth-order valence-corrected chi connectivity index (χ4v) is 1.34. The maximum Gasteiger partial charge on any atom is 0.416 e. The highest BCUT2D eigenvalue weighted by molar-refractivity contribution is 5.80. The molecule has 0 atom stereocenters. The van der Waals surface area contributed by atoms with E-state index in [0.717, 1.165) is 12.1 Å². The molecule has 0 aromatic heterocycles. The summed E-state index contributed by atoms with van der Waals surface area (Å²) in [4.78, 5) is 11.0. The average Bonchev–Trinajstić information content (AvgIpc) is 2.28. The highest BCUT2D eigenvalue weighted by Gasteiger charge is 2.48. The van der Waals surface area contributed by atoms with Gasteiger partial charge in [0.25, 0.3) is 0 Å². The van der Waals surface area contributed by atoms with Crippen LogP contribution >= 0.6 is 0 Å². The van der Waals surface area contributed by atoms with Gasteiger partial charge in [0, 0.05) is 5.56 Å². The molecule has 0 saturated heterocycles. The zero-order valence-corrected chi connectivity index (χ0v) is 9.22. The predicted octanol–water partition coefficient (Wildman–Crippen LogP) is 3.36. The molecule has 0 aliphatic heterocycles. The Morgan fingerprint density at radius 1 is 1.11 bits per heavy atom. The number of halogens is 5. The van der Waals surface area contributed by atoms with Crippen LogP contribution in [0, 0.1) is 0 Å². The Labute approximate surface area is 99.4 Å². The van der Waals surface area contributed by atoms with E-state index in [0.29, 0.717) is 12.1 Å². The Kier molecular flexibility index (Phi) is 3.93. The third kappa shape index (κ3) is 2.77. The van der Waals surface area contributed by atoms with Crippen LogP contribution in [0.5, 0.6) is 0 Å². The van der Waals surface area contributed by atoms with Crippen LogP contribution in [0.2, 0.25) is 0 Å². The maximum atomic E-state index is 13.6. The van der Waals surface area contributed by atoms with Crippen molar-refractivity contribution in [2.45, 2.75) is 19.0 Å². The first-order chi connectivity index (χ1) is 8.21. The van der Waals surface area contributed by atoms with Crippen molar-refractivity contribution in [3.8, 4) is 0 Å². The number of esters is 1. The Morgan fingerprint density at radius 3 is 2.06 bits per heavy atom. The Bertz CT molecular complexity index is 439.